The summed E-state index contributed by atoms with van der Waals surface area (Å²) >= 11 is 0. The molecule has 32 heavy (non-hydrogen) atoms. The number of carbonyl (C=O) groups excluding carboxylic acids is 1. The van der Waals surface area contributed by atoms with Crippen LogP contribution in [0.15, 0.2) is 64.5 Å². The molecule has 1 aliphatic rings. The standard InChI is InChI=1S/C22H19N5O4S/c1-14-18(12-23)19(27(25-14)16-8-4-3-5-9-16)13-31-22(28)15(2)24-21-17-10-6-7-11-20(17)32(29,30)26-21/h3-11,15H,13H2,1-2H3,(H,24,26)/t15-/m0/s1. The summed E-state index contributed by atoms with van der Waals surface area (Å²) in [4.78, 5) is 16.9. The number of nitrogens with one attached hydrogen (secondary N) is 1. The van der Waals surface area contributed by atoms with E-state index in [1.807, 2.05) is 30.3 Å². The van der Waals surface area contributed by atoms with Gasteiger partial charge in [-0.2, -0.15) is 10.4 Å². The SMILES string of the molecule is Cc1nn(-c2ccccc2)c(COC(=O)[C@H](C)N=C2NS(=O)(=O)c3ccccc32)c1C#N. The highest BCUT2D eigenvalue weighted by molar-refractivity contribution is 7.90. The zero-order valence-corrected chi connectivity index (χ0v) is 18.1. The minimum Gasteiger partial charge on any atom is -0.458 e. The van der Waals surface area contributed by atoms with E-state index in [1.54, 1.807) is 29.8 Å². The first-order valence-electron chi connectivity index (χ1n) is 9.72. The van der Waals surface area contributed by atoms with Crippen LogP contribution in [0.4, 0.5) is 0 Å². The number of nitriles is 1. The Morgan fingerprint density at radius 1 is 1.22 bits per heavy atom. The first-order chi connectivity index (χ1) is 15.3. The number of fused-ring (bicyclic) bond motifs is 1. The zero-order valence-electron chi connectivity index (χ0n) is 17.3. The molecule has 162 valence electrons. The van der Waals surface area contributed by atoms with E-state index >= 15 is 0 Å². The third-order valence-corrected chi connectivity index (χ3v) is 6.34. The van der Waals surface area contributed by atoms with Crippen LogP contribution in [0, 0.1) is 18.3 Å². The fourth-order valence-electron chi connectivity index (χ4n) is 3.37. The maximum Gasteiger partial charge on any atom is 0.331 e. The van der Waals surface area contributed by atoms with Gasteiger partial charge in [0.05, 0.1) is 22.0 Å². The predicted octanol–water partition coefficient (Wildman–Crippen LogP) is 2.22. The Kier molecular flexibility index (Phi) is 5.50. The van der Waals surface area contributed by atoms with Gasteiger partial charge in [0.15, 0.2) is 0 Å². The molecule has 3 aromatic rings. The fraction of sp³-hybridized carbons (Fsp3) is 0.182. The van der Waals surface area contributed by atoms with Crippen LogP contribution in [-0.2, 0) is 26.2 Å². The molecule has 10 heteroatoms. The van der Waals surface area contributed by atoms with Crippen molar-refractivity contribution in [1.29, 1.82) is 5.26 Å². The van der Waals surface area contributed by atoms with E-state index < -0.39 is 22.0 Å². The van der Waals surface area contributed by atoms with Crippen molar-refractivity contribution in [2.45, 2.75) is 31.4 Å². The molecule has 0 amide bonds. The van der Waals surface area contributed by atoms with Gasteiger partial charge in [0, 0.05) is 5.56 Å². The van der Waals surface area contributed by atoms with Crippen LogP contribution >= 0.6 is 0 Å². The normalized spacial score (nSPS) is 16.1. The number of nitrogens with zero attached hydrogens (tertiary/aromatic N) is 4. The van der Waals surface area contributed by atoms with E-state index in [9.17, 15) is 18.5 Å². The van der Waals surface area contributed by atoms with Crippen molar-refractivity contribution in [2.24, 2.45) is 4.99 Å². The number of hydrogen-bond donors (Lipinski definition) is 1. The van der Waals surface area contributed by atoms with Gasteiger partial charge in [0.25, 0.3) is 10.0 Å². The second-order valence-corrected chi connectivity index (χ2v) is 8.78. The molecule has 1 atom stereocenters. The van der Waals surface area contributed by atoms with Gasteiger partial charge >= 0.3 is 5.97 Å². The molecular weight excluding hydrogens is 430 g/mol. The summed E-state index contributed by atoms with van der Waals surface area (Å²) in [7, 11) is -3.70. The van der Waals surface area contributed by atoms with Crippen molar-refractivity contribution in [3.8, 4) is 11.8 Å². The molecule has 0 unspecified atom stereocenters. The first kappa shape index (κ1) is 21.3. The molecular formula is C22H19N5O4S. The lowest BCUT2D eigenvalue weighted by atomic mass is 10.2. The largest absolute Gasteiger partial charge is 0.458 e. The van der Waals surface area contributed by atoms with E-state index in [1.165, 1.54) is 13.0 Å². The summed E-state index contributed by atoms with van der Waals surface area (Å²) in [5.41, 5.74) is 2.42. The molecule has 0 fully saturated rings. The number of para-hydroxylation sites is 1. The molecule has 1 aromatic heterocycles. The number of ether oxygens (including phenoxy) is 1. The lowest BCUT2D eigenvalue weighted by Gasteiger charge is -2.11. The van der Waals surface area contributed by atoms with E-state index in [2.05, 4.69) is 20.9 Å². The van der Waals surface area contributed by atoms with Gasteiger partial charge in [-0.05, 0) is 38.1 Å². The van der Waals surface area contributed by atoms with Crippen LogP contribution < -0.4 is 4.72 Å². The number of hydrogen-bond acceptors (Lipinski definition) is 7. The minimum atomic E-state index is -3.70. The molecule has 0 aliphatic carbocycles. The Bertz CT molecular complexity index is 1370. The van der Waals surface area contributed by atoms with E-state index in [0.717, 1.165) is 5.69 Å². The Morgan fingerprint density at radius 3 is 2.62 bits per heavy atom. The molecule has 4 rings (SSSR count). The molecule has 1 aliphatic heterocycles. The highest BCUT2D eigenvalue weighted by atomic mass is 32.2. The molecule has 0 spiro atoms. The maximum absolute atomic E-state index is 12.6. The monoisotopic (exact) mass is 449 g/mol. The van der Waals surface area contributed by atoms with Crippen LogP contribution in [-0.4, -0.2) is 36.0 Å². The number of aryl methyl sites for hydroxylation is 1. The molecule has 0 saturated heterocycles. The first-order valence-corrected chi connectivity index (χ1v) is 11.2. The van der Waals surface area contributed by atoms with Gasteiger partial charge in [0.1, 0.15) is 30.1 Å². The lowest BCUT2D eigenvalue weighted by molar-refractivity contribution is -0.146. The molecule has 1 N–H and O–H groups in total. The highest BCUT2D eigenvalue weighted by Gasteiger charge is 2.31. The van der Waals surface area contributed by atoms with Crippen LogP contribution in [0.25, 0.3) is 5.69 Å². The van der Waals surface area contributed by atoms with Gasteiger partial charge in [-0.1, -0.05) is 30.3 Å². The molecule has 2 heterocycles. The Labute approximate surface area is 185 Å². The van der Waals surface area contributed by atoms with E-state index in [0.29, 0.717) is 22.5 Å². The minimum absolute atomic E-state index is 0.0907. The topological polar surface area (TPSA) is 126 Å². The van der Waals surface area contributed by atoms with E-state index in [-0.39, 0.29) is 17.3 Å². The van der Waals surface area contributed by atoms with Crippen LogP contribution in [0.2, 0.25) is 0 Å². The summed E-state index contributed by atoms with van der Waals surface area (Å²) in [5, 5.41) is 13.9. The van der Waals surface area contributed by atoms with Crippen LogP contribution in [0.1, 0.15) is 29.4 Å². The smallest absolute Gasteiger partial charge is 0.331 e. The van der Waals surface area contributed by atoms with Gasteiger partial charge in [0.2, 0.25) is 0 Å². The number of rotatable bonds is 5. The third kappa shape index (κ3) is 3.86. The number of amidine groups is 1. The summed E-state index contributed by atoms with van der Waals surface area (Å²) in [5.74, 6) is -0.573. The van der Waals surface area contributed by atoms with E-state index in [4.69, 9.17) is 4.74 Å². The van der Waals surface area contributed by atoms with Crippen LogP contribution in [0.5, 0.6) is 0 Å². The Morgan fingerprint density at radius 2 is 1.91 bits per heavy atom. The fourth-order valence-corrected chi connectivity index (χ4v) is 4.61. The van der Waals surface area contributed by atoms with Gasteiger partial charge in [-0.3, -0.25) is 9.71 Å². The quantitative estimate of drug-likeness (QED) is 0.595. The lowest BCUT2D eigenvalue weighted by Crippen LogP contribution is -2.27. The maximum atomic E-state index is 12.6. The number of sulfonamides is 1. The predicted molar refractivity (Wildman–Crippen MR) is 116 cm³/mol. The molecule has 0 radical (unpaired) electrons. The van der Waals surface area contributed by atoms with Crippen molar-refractivity contribution < 1.29 is 17.9 Å². The highest BCUT2D eigenvalue weighted by Crippen LogP contribution is 2.23. The average molecular weight is 449 g/mol. The third-order valence-electron chi connectivity index (χ3n) is 4.95. The second-order valence-electron chi connectivity index (χ2n) is 7.13. The number of esters is 1. The molecule has 2 aromatic carbocycles. The van der Waals surface area contributed by atoms with Crippen molar-refractivity contribution in [3.05, 3.63) is 77.1 Å². The number of aromatic nitrogens is 2. The van der Waals surface area contributed by atoms with Crippen molar-refractivity contribution in [1.82, 2.24) is 14.5 Å². The van der Waals surface area contributed by atoms with Crippen molar-refractivity contribution in [2.75, 3.05) is 0 Å². The molecule has 9 nitrogen and oxygen atoms in total. The van der Waals surface area contributed by atoms with Crippen molar-refractivity contribution in [3.63, 3.8) is 0 Å². The summed E-state index contributed by atoms with van der Waals surface area (Å²) in [6, 6.07) is 16.7. The van der Waals surface area contributed by atoms with Crippen molar-refractivity contribution >= 4 is 21.8 Å². The van der Waals surface area contributed by atoms with Gasteiger partial charge in [-0.15, -0.1) is 0 Å². The number of aliphatic imine (C=N–C) groups is 1. The average Bonchev–Trinajstić information content (AvgIpc) is 3.25. The van der Waals surface area contributed by atoms with Crippen LogP contribution in [0.3, 0.4) is 0 Å². The summed E-state index contributed by atoms with van der Waals surface area (Å²) in [6.45, 7) is 3.03. The number of benzene rings is 2. The Hall–Kier alpha value is -3.97. The second kappa shape index (κ2) is 8.28. The summed E-state index contributed by atoms with van der Waals surface area (Å²) in [6.07, 6.45) is 0. The summed E-state index contributed by atoms with van der Waals surface area (Å²) < 4.78 is 33.8. The molecule has 0 bridgehead atoms. The zero-order chi connectivity index (χ0) is 22.9. The molecule has 0 saturated carbocycles. The van der Waals surface area contributed by atoms with Gasteiger partial charge in [-0.25, -0.2) is 17.9 Å². The van der Waals surface area contributed by atoms with Gasteiger partial charge < -0.3 is 4.74 Å². The Balaban J connectivity index is 1.55. The number of carbonyl (C=O) groups is 1.